The van der Waals surface area contributed by atoms with Gasteiger partial charge in [-0.3, -0.25) is 4.79 Å². The lowest BCUT2D eigenvalue weighted by molar-refractivity contribution is -0.135. The molecular formula is C19H23NO3. The van der Waals surface area contributed by atoms with Crippen LogP contribution in [0.15, 0.2) is 42.5 Å². The summed E-state index contributed by atoms with van der Waals surface area (Å²) in [6, 6.07) is 14.6. The maximum Gasteiger partial charge on any atom is 0.224 e. The maximum atomic E-state index is 12.1. The van der Waals surface area contributed by atoms with Crippen LogP contribution < -0.4 is 0 Å². The third-order valence-corrected chi connectivity index (χ3v) is 4.66. The highest BCUT2D eigenvalue weighted by molar-refractivity contribution is 5.83. The summed E-state index contributed by atoms with van der Waals surface area (Å²) in [6.07, 6.45) is 0.652. The minimum Gasteiger partial charge on any atom is -0.391 e. The van der Waals surface area contributed by atoms with Gasteiger partial charge < -0.3 is 14.7 Å². The fourth-order valence-electron chi connectivity index (χ4n) is 3.33. The van der Waals surface area contributed by atoms with Gasteiger partial charge in [0.25, 0.3) is 0 Å². The molecule has 4 heteroatoms. The Morgan fingerprint density at radius 1 is 1.26 bits per heavy atom. The molecule has 2 aromatic rings. The number of carbonyl (C=O) groups excluding carboxylic acids is 1. The van der Waals surface area contributed by atoms with Crippen LogP contribution in [-0.2, 0) is 9.53 Å². The number of amides is 1. The van der Waals surface area contributed by atoms with E-state index in [9.17, 15) is 9.90 Å². The normalized spacial score (nSPS) is 21.6. The van der Waals surface area contributed by atoms with E-state index in [2.05, 4.69) is 30.3 Å². The molecule has 0 aromatic heterocycles. The molecule has 1 N–H and O–H groups in total. The first-order chi connectivity index (χ1) is 11.2. The van der Waals surface area contributed by atoms with Crippen LogP contribution in [-0.4, -0.2) is 48.8 Å². The van der Waals surface area contributed by atoms with Crippen LogP contribution in [0.5, 0.6) is 0 Å². The van der Waals surface area contributed by atoms with Gasteiger partial charge in [-0.2, -0.15) is 0 Å². The van der Waals surface area contributed by atoms with Crippen molar-refractivity contribution in [3.05, 3.63) is 48.0 Å². The molecule has 1 aliphatic heterocycles. The number of β-amino-alcohol motifs (C(OH)–C–C–N with tert-alkyl or cyclic N) is 1. The number of nitrogens with zero attached hydrogens (tertiary/aromatic N) is 1. The van der Waals surface area contributed by atoms with Gasteiger partial charge in [-0.05, 0) is 22.8 Å². The Morgan fingerprint density at radius 3 is 2.78 bits per heavy atom. The number of benzene rings is 2. The fraction of sp³-hybridized carbons (Fsp3) is 0.421. The van der Waals surface area contributed by atoms with E-state index in [4.69, 9.17) is 4.74 Å². The zero-order chi connectivity index (χ0) is 16.2. The molecule has 2 atom stereocenters. The van der Waals surface area contributed by atoms with Crippen LogP contribution in [0.4, 0.5) is 0 Å². The fourth-order valence-corrected chi connectivity index (χ4v) is 3.33. The van der Waals surface area contributed by atoms with Crippen molar-refractivity contribution in [1.82, 2.24) is 4.90 Å². The summed E-state index contributed by atoms with van der Waals surface area (Å²) in [5.41, 5.74) is 1.15. The number of rotatable bonds is 4. The number of likely N-dealkylation sites (tertiary alicyclic amines) is 1. The molecule has 1 aliphatic rings. The predicted molar refractivity (Wildman–Crippen MR) is 90.4 cm³/mol. The summed E-state index contributed by atoms with van der Waals surface area (Å²) in [6.45, 7) is 1.52. The number of carbonyl (C=O) groups is 1. The number of ether oxygens (including phenoxy) is 1. The van der Waals surface area contributed by atoms with Crippen LogP contribution in [0, 0.1) is 0 Å². The van der Waals surface area contributed by atoms with Crippen molar-refractivity contribution in [2.24, 2.45) is 0 Å². The average Bonchev–Trinajstić information content (AvgIpc) is 2.59. The second-order valence-electron chi connectivity index (χ2n) is 6.15. The number of aliphatic hydroxyl groups is 1. The quantitative estimate of drug-likeness (QED) is 0.944. The minimum atomic E-state index is -0.517. The van der Waals surface area contributed by atoms with E-state index in [0.29, 0.717) is 26.1 Å². The summed E-state index contributed by atoms with van der Waals surface area (Å²) >= 11 is 0. The molecule has 2 aromatic carbocycles. The summed E-state index contributed by atoms with van der Waals surface area (Å²) < 4.78 is 4.95. The Bertz CT molecular complexity index is 685. The molecule has 0 aliphatic carbocycles. The predicted octanol–water partition coefficient (Wildman–Crippen LogP) is 2.55. The monoisotopic (exact) mass is 313 g/mol. The van der Waals surface area contributed by atoms with Crippen molar-refractivity contribution in [2.45, 2.75) is 24.9 Å². The van der Waals surface area contributed by atoms with E-state index in [-0.39, 0.29) is 11.8 Å². The second-order valence-corrected chi connectivity index (χ2v) is 6.15. The van der Waals surface area contributed by atoms with Crippen LogP contribution in [0.25, 0.3) is 10.8 Å². The molecule has 23 heavy (non-hydrogen) atoms. The first-order valence-electron chi connectivity index (χ1n) is 8.12. The highest BCUT2D eigenvalue weighted by Gasteiger charge is 2.30. The van der Waals surface area contributed by atoms with Gasteiger partial charge in [0.2, 0.25) is 5.91 Å². The molecule has 4 nitrogen and oxygen atoms in total. The van der Waals surface area contributed by atoms with Crippen molar-refractivity contribution in [3.63, 3.8) is 0 Å². The van der Waals surface area contributed by atoms with Crippen LogP contribution in [0.3, 0.4) is 0 Å². The zero-order valence-corrected chi connectivity index (χ0v) is 13.4. The first kappa shape index (κ1) is 16.0. The van der Waals surface area contributed by atoms with Gasteiger partial charge in [-0.25, -0.2) is 0 Å². The van der Waals surface area contributed by atoms with Crippen LogP contribution in [0.1, 0.15) is 24.3 Å². The van der Waals surface area contributed by atoms with E-state index in [0.717, 1.165) is 12.0 Å². The van der Waals surface area contributed by atoms with Gasteiger partial charge >= 0.3 is 0 Å². The molecule has 1 amide bonds. The molecule has 1 heterocycles. The van der Waals surface area contributed by atoms with E-state index >= 15 is 0 Å². The first-order valence-corrected chi connectivity index (χ1v) is 8.12. The van der Waals surface area contributed by atoms with Gasteiger partial charge in [-0.1, -0.05) is 42.5 Å². The molecule has 0 bridgehead atoms. The Balaban J connectivity index is 1.71. The Hall–Kier alpha value is -1.91. The van der Waals surface area contributed by atoms with Gasteiger partial charge in [0.15, 0.2) is 0 Å². The Kier molecular flexibility index (Phi) is 4.94. The van der Waals surface area contributed by atoms with Gasteiger partial charge in [0, 0.05) is 26.1 Å². The molecule has 122 valence electrons. The molecule has 0 saturated carbocycles. The van der Waals surface area contributed by atoms with Crippen molar-refractivity contribution in [1.29, 1.82) is 0 Å². The molecule has 1 fully saturated rings. The number of methoxy groups -OCH3 is 1. The molecule has 0 radical (unpaired) electrons. The van der Waals surface area contributed by atoms with Crippen molar-refractivity contribution in [3.8, 4) is 0 Å². The largest absolute Gasteiger partial charge is 0.391 e. The highest BCUT2D eigenvalue weighted by Crippen LogP contribution is 2.30. The summed E-state index contributed by atoms with van der Waals surface area (Å²) in [5, 5.41) is 12.9. The zero-order valence-electron chi connectivity index (χ0n) is 13.4. The Morgan fingerprint density at radius 2 is 2.04 bits per heavy atom. The molecular weight excluding hydrogens is 290 g/mol. The molecule has 3 rings (SSSR count). The van der Waals surface area contributed by atoms with E-state index in [1.165, 1.54) is 10.8 Å². The summed E-state index contributed by atoms with van der Waals surface area (Å²) in [5.74, 6) is 0.147. The number of hydrogen-bond donors (Lipinski definition) is 1. The third kappa shape index (κ3) is 3.54. The average molecular weight is 313 g/mol. The Labute approximate surface area is 136 Å². The van der Waals surface area contributed by atoms with E-state index < -0.39 is 6.10 Å². The maximum absolute atomic E-state index is 12.1. The van der Waals surface area contributed by atoms with Crippen LogP contribution in [0.2, 0.25) is 0 Å². The summed E-state index contributed by atoms with van der Waals surface area (Å²) in [4.78, 5) is 13.8. The minimum absolute atomic E-state index is 0.0582. The number of hydrogen-bond acceptors (Lipinski definition) is 3. The lowest BCUT2D eigenvalue weighted by Gasteiger charge is -2.36. The highest BCUT2D eigenvalue weighted by atomic mass is 16.5. The van der Waals surface area contributed by atoms with Gasteiger partial charge in [0.05, 0.1) is 19.1 Å². The van der Waals surface area contributed by atoms with Crippen molar-refractivity contribution >= 4 is 16.7 Å². The van der Waals surface area contributed by atoms with Crippen molar-refractivity contribution < 1.29 is 14.6 Å². The lowest BCUT2D eigenvalue weighted by atomic mass is 9.86. The number of fused-ring (bicyclic) bond motifs is 1. The second kappa shape index (κ2) is 7.11. The lowest BCUT2D eigenvalue weighted by Crippen LogP contribution is -2.45. The standard InChI is InChI=1S/C19H23NO3/c1-23-11-9-19(22)20-10-8-17(18(21)13-20)16-7-6-14-4-2-3-5-15(14)12-16/h2-7,12,17-18,21H,8-11,13H2,1H3/t17-,18+/m0/s1. The van der Waals surface area contributed by atoms with Gasteiger partial charge in [-0.15, -0.1) is 0 Å². The molecule has 0 unspecified atom stereocenters. The van der Waals surface area contributed by atoms with Crippen molar-refractivity contribution in [2.75, 3.05) is 26.8 Å². The smallest absolute Gasteiger partial charge is 0.224 e. The SMILES string of the molecule is COCCC(=O)N1CC[C@@H](c2ccc3ccccc3c2)[C@H](O)C1. The molecule has 1 saturated heterocycles. The summed E-state index contributed by atoms with van der Waals surface area (Å²) in [7, 11) is 1.59. The topological polar surface area (TPSA) is 49.8 Å². The molecule has 0 spiro atoms. The van der Waals surface area contributed by atoms with E-state index in [1.807, 2.05) is 12.1 Å². The van der Waals surface area contributed by atoms with Crippen LogP contribution >= 0.6 is 0 Å². The van der Waals surface area contributed by atoms with E-state index in [1.54, 1.807) is 12.0 Å². The van der Waals surface area contributed by atoms with Gasteiger partial charge in [0.1, 0.15) is 0 Å². The number of piperidine rings is 1. The number of aliphatic hydroxyl groups excluding tert-OH is 1. The third-order valence-electron chi connectivity index (χ3n) is 4.66.